The van der Waals surface area contributed by atoms with E-state index < -0.39 is 3.24 Å². The van der Waals surface area contributed by atoms with Crippen LogP contribution in [0.5, 0.6) is 0 Å². The van der Waals surface area contributed by atoms with Crippen molar-refractivity contribution in [1.82, 2.24) is 0 Å². The smallest absolute Gasteiger partial charge is 0.127 e. The summed E-state index contributed by atoms with van der Waals surface area (Å²) in [6.45, 7) is 0. The molecule has 0 aliphatic rings. The Morgan fingerprint density at radius 3 is 2.00 bits per heavy atom. The molecule has 56 valence electrons. The summed E-state index contributed by atoms with van der Waals surface area (Å²) < 4.78 is -1.05. The van der Waals surface area contributed by atoms with Crippen molar-refractivity contribution in [1.29, 1.82) is 0 Å². The standard InChI is InChI=1S/C4H5BrCl4/c5-4(8,9)3(7)1-2-6/h3H,1-2H2. The molecule has 0 aliphatic carbocycles. The maximum atomic E-state index is 5.66. The van der Waals surface area contributed by atoms with Gasteiger partial charge in [-0.3, -0.25) is 0 Å². The maximum absolute atomic E-state index is 5.66. The van der Waals surface area contributed by atoms with E-state index >= 15 is 0 Å². The predicted molar refractivity (Wildman–Crippen MR) is 48.3 cm³/mol. The van der Waals surface area contributed by atoms with Gasteiger partial charge in [0.1, 0.15) is 0 Å². The van der Waals surface area contributed by atoms with E-state index in [1.54, 1.807) is 0 Å². The van der Waals surface area contributed by atoms with Gasteiger partial charge in [0, 0.05) is 5.88 Å². The molecule has 0 aliphatic heterocycles. The first kappa shape index (κ1) is 10.6. The van der Waals surface area contributed by atoms with Crippen LogP contribution in [0.25, 0.3) is 0 Å². The van der Waals surface area contributed by atoms with Gasteiger partial charge < -0.3 is 0 Å². The van der Waals surface area contributed by atoms with Crippen molar-refractivity contribution >= 4 is 62.3 Å². The van der Waals surface area contributed by atoms with Crippen LogP contribution in [-0.4, -0.2) is 14.5 Å². The summed E-state index contributed by atoms with van der Waals surface area (Å²) in [7, 11) is 0. The summed E-state index contributed by atoms with van der Waals surface area (Å²) in [5, 5.41) is -0.349. The van der Waals surface area contributed by atoms with Crippen LogP contribution in [-0.2, 0) is 0 Å². The van der Waals surface area contributed by atoms with Gasteiger partial charge in [-0.05, 0) is 22.4 Å². The van der Waals surface area contributed by atoms with Crippen molar-refractivity contribution < 1.29 is 0 Å². The summed E-state index contributed by atoms with van der Waals surface area (Å²) >= 11 is 25.1. The topological polar surface area (TPSA) is 0 Å². The molecular weight excluding hydrogens is 270 g/mol. The highest BCUT2D eigenvalue weighted by atomic mass is 79.9. The number of alkyl halides is 5. The predicted octanol–water partition coefficient (Wildman–Crippen LogP) is 3.75. The highest BCUT2D eigenvalue weighted by Crippen LogP contribution is 2.37. The zero-order chi connectivity index (χ0) is 7.49. The molecule has 0 N–H and O–H groups in total. The molecule has 0 aromatic carbocycles. The zero-order valence-electron chi connectivity index (χ0n) is 4.38. The largest absolute Gasteiger partial charge is 0.188 e. The molecule has 1 unspecified atom stereocenters. The van der Waals surface area contributed by atoms with E-state index in [0.29, 0.717) is 12.3 Å². The Bertz CT molecular complexity index is 79.1. The van der Waals surface area contributed by atoms with E-state index in [2.05, 4.69) is 15.9 Å². The van der Waals surface area contributed by atoms with Gasteiger partial charge in [-0.1, -0.05) is 23.2 Å². The number of rotatable bonds is 3. The molecule has 0 spiro atoms. The molecule has 0 fully saturated rings. The second-order valence-electron chi connectivity index (χ2n) is 1.49. The van der Waals surface area contributed by atoms with E-state index in [0.717, 1.165) is 0 Å². The maximum Gasteiger partial charge on any atom is 0.188 e. The fourth-order valence-electron chi connectivity index (χ4n) is 0.259. The Morgan fingerprint density at radius 1 is 1.44 bits per heavy atom. The van der Waals surface area contributed by atoms with Crippen molar-refractivity contribution in [3.8, 4) is 0 Å². The van der Waals surface area contributed by atoms with Crippen LogP contribution >= 0.6 is 62.3 Å². The van der Waals surface area contributed by atoms with Gasteiger partial charge in [0.25, 0.3) is 0 Å². The van der Waals surface area contributed by atoms with Crippen molar-refractivity contribution in [3.63, 3.8) is 0 Å². The quantitative estimate of drug-likeness (QED) is 0.688. The normalized spacial score (nSPS) is 15.7. The second kappa shape index (κ2) is 4.50. The minimum atomic E-state index is -1.05. The summed E-state index contributed by atoms with van der Waals surface area (Å²) in [6.07, 6.45) is 0.585. The Hall–Kier alpha value is 1.64. The number of hydrogen-bond donors (Lipinski definition) is 0. The first-order valence-corrected chi connectivity index (χ1v) is 4.77. The van der Waals surface area contributed by atoms with E-state index in [-0.39, 0.29) is 5.38 Å². The molecule has 0 aromatic rings. The van der Waals surface area contributed by atoms with Gasteiger partial charge in [0.2, 0.25) is 0 Å². The second-order valence-corrected chi connectivity index (χ2v) is 5.94. The average Bonchev–Trinajstić information content (AvgIpc) is 1.64. The number of halogens is 5. The molecule has 0 saturated heterocycles. The molecule has 0 rings (SSSR count). The van der Waals surface area contributed by atoms with Crippen LogP contribution in [0.1, 0.15) is 6.42 Å². The SMILES string of the molecule is ClCCC(Cl)C(Cl)(Cl)Br. The minimum Gasteiger partial charge on any atom is -0.127 e. The molecule has 0 radical (unpaired) electrons. The summed E-state index contributed by atoms with van der Waals surface area (Å²) in [5.41, 5.74) is 0. The summed E-state index contributed by atoms with van der Waals surface area (Å²) in [6, 6.07) is 0. The van der Waals surface area contributed by atoms with Gasteiger partial charge in [0.05, 0.1) is 5.38 Å². The highest BCUT2D eigenvalue weighted by molar-refractivity contribution is 9.11. The number of hydrogen-bond acceptors (Lipinski definition) is 0. The highest BCUT2D eigenvalue weighted by Gasteiger charge is 2.29. The van der Waals surface area contributed by atoms with Gasteiger partial charge in [-0.2, -0.15) is 0 Å². The summed E-state index contributed by atoms with van der Waals surface area (Å²) in [5.74, 6) is 0.459. The first-order valence-electron chi connectivity index (χ1n) is 2.25. The van der Waals surface area contributed by atoms with Gasteiger partial charge >= 0.3 is 0 Å². The molecule has 5 heteroatoms. The van der Waals surface area contributed by atoms with Crippen molar-refractivity contribution in [2.75, 3.05) is 5.88 Å². The minimum absolute atomic E-state index is 0.349. The van der Waals surface area contributed by atoms with Gasteiger partial charge in [0.15, 0.2) is 3.24 Å². The molecule has 0 saturated carbocycles. The first-order chi connectivity index (χ1) is 3.98. The Kier molecular flexibility index (Phi) is 5.32. The van der Waals surface area contributed by atoms with Gasteiger partial charge in [-0.15, -0.1) is 23.2 Å². The molecule has 9 heavy (non-hydrogen) atoms. The van der Waals surface area contributed by atoms with E-state index in [9.17, 15) is 0 Å². The fraction of sp³-hybridized carbons (Fsp3) is 1.00. The third-order valence-corrected chi connectivity index (χ3v) is 3.05. The van der Waals surface area contributed by atoms with Crippen molar-refractivity contribution in [2.45, 2.75) is 15.0 Å². The molecule has 0 aromatic heterocycles. The van der Waals surface area contributed by atoms with Gasteiger partial charge in [-0.25, -0.2) is 0 Å². The average molecular weight is 275 g/mol. The Balaban J connectivity index is 3.59. The van der Waals surface area contributed by atoms with E-state index in [4.69, 9.17) is 46.4 Å². The Morgan fingerprint density at radius 2 is 1.89 bits per heavy atom. The molecule has 0 nitrogen and oxygen atoms in total. The molecule has 0 amide bonds. The summed E-state index contributed by atoms with van der Waals surface area (Å²) in [4.78, 5) is 0. The third-order valence-electron chi connectivity index (χ3n) is 0.718. The fourth-order valence-corrected chi connectivity index (χ4v) is 1.15. The van der Waals surface area contributed by atoms with Crippen LogP contribution in [0.15, 0.2) is 0 Å². The molecular formula is C4H5BrCl4. The van der Waals surface area contributed by atoms with Crippen LogP contribution in [0.4, 0.5) is 0 Å². The lowest BCUT2D eigenvalue weighted by atomic mass is 10.4. The lowest BCUT2D eigenvalue weighted by Crippen LogP contribution is -2.18. The van der Waals surface area contributed by atoms with E-state index in [1.807, 2.05) is 0 Å². The van der Waals surface area contributed by atoms with Crippen LogP contribution < -0.4 is 0 Å². The lowest BCUT2D eigenvalue weighted by Gasteiger charge is -2.16. The lowest BCUT2D eigenvalue weighted by molar-refractivity contribution is 0.853. The van der Waals surface area contributed by atoms with Crippen LogP contribution in [0.2, 0.25) is 0 Å². The molecule has 1 atom stereocenters. The van der Waals surface area contributed by atoms with Crippen molar-refractivity contribution in [3.05, 3.63) is 0 Å². The zero-order valence-corrected chi connectivity index (χ0v) is 8.99. The Labute approximate surface area is 82.9 Å². The van der Waals surface area contributed by atoms with E-state index in [1.165, 1.54) is 0 Å². The third kappa shape index (κ3) is 4.97. The molecule has 0 bridgehead atoms. The monoisotopic (exact) mass is 272 g/mol. The van der Waals surface area contributed by atoms with Crippen LogP contribution in [0.3, 0.4) is 0 Å². The van der Waals surface area contributed by atoms with Crippen LogP contribution in [0, 0.1) is 0 Å². The van der Waals surface area contributed by atoms with Crippen molar-refractivity contribution in [2.24, 2.45) is 0 Å². The molecule has 0 heterocycles.